The number of nitrogens with zero attached hydrogens (tertiary/aromatic N) is 6. The van der Waals surface area contributed by atoms with Gasteiger partial charge in [-0.3, -0.25) is 0 Å². The maximum atomic E-state index is 4.39. The van der Waals surface area contributed by atoms with E-state index in [-0.39, 0.29) is 6.04 Å². The highest BCUT2D eigenvalue weighted by molar-refractivity contribution is 9.10. The molecule has 3 aromatic heterocycles. The Kier molecular flexibility index (Phi) is 3.96. The summed E-state index contributed by atoms with van der Waals surface area (Å²) in [4.78, 5) is 8.68. The Hall–Kier alpha value is -2.74. The quantitative estimate of drug-likeness (QED) is 0.570. The number of fused-ring (bicyclic) bond motifs is 1. The molecule has 4 aromatic rings. The zero-order valence-electron chi connectivity index (χ0n) is 13.8. The van der Waals surface area contributed by atoms with Gasteiger partial charge in [0.05, 0.1) is 11.1 Å². The third-order valence-electron chi connectivity index (χ3n) is 4.09. The van der Waals surface area contributed by atoms with Crippen LogP contribution < -0.4 is 5.32 Å². The second-order valence-corrected chi connectivity index (χ2v) is 6.49. The van der Waals surface area contributed by atoms with Crippen molar-refractivity contribution in [3.05, 3.63) is 59.2 Å². The zero-order chi connectivity index (χ0) is 17.4. The Morgan fingerprint density at radius 3 is 2.68 bits per heavy atom. The number of hydrogen-bond acceptors (Lipinski definition) is 5. The van der Waals surface area contributed by atoms with E-state index >= 15 is 0 Å². The van der Waals surface area contributed by atoms with Gasteiger partial charge in [-0.1, -0.05) is 12.1 Å². The molecule has 7 nitrogen and oxygen atoms in total. The van der Waals surface area contributed by atoms with Crippen LogP contribution in [0.1, 0.15) is 18.5 Å². The van der Waals surface area contributed by atoms with E-state index in [9.17, 15) is 0 Å². The summed E-state index contributed by atoms with van der Waals surface area (Å²) >= 11 is 3.48. The van der Waals surface area contributed by atoms with Gasteiger partial charge in [0.25, 0.3) is 0 Å². The molecule has 0 saturated heterocycles. The number of nitrogens with one attached hydrogen (secondary N) is 1. The van der Waals surface area contributed by atoms with Crippen molar-refractivity contribution < 1.29 is 0 Å². The van der Waals surface area contributed by atoms with Crippen molar-refractivity contribution in [2.24, 2.45) is 7.05 Å². The van der Waals surface area contributed by atoms with Crippen LogP contribution in [0.2, 0.25) is 0 Å². The lowest BCUT2D eigenvalue weighted by Crippen LogP contribution is -2.09. The molecule has 1 atom stereocenters. The Morgan fingerprint density at radius 1 is 1.16 bits per heavy atom. The number of anilines is 1. The first kappa shape index (κ1) is 15.8. The zero-order valence-corrected chi connectivity index (χ0v) is 15.3. The molecule has 0 spiro atoms. The summed E-state index contributed by atoms with van der Waals surface area (Å²) in [6.07, 6.45) is 5.24. The second kappa shape index (κ2) is 6.29. The molecule has 1 unspecified atom stereocenters. The van der Waals surface area contributed by atoms with Crippen LogP contribution in [0.4, 0.5) is 5.82 Å². The standard InChI is InChI=1S/C17H16BrN7/c1-11(12-4-6-13(7-5-12)25-9-3-8-21-25)22-16-14-15(18)23-24(2)17(14)20-10-19-16/h3-11H,1-2H3,(H,19,20,22). The highest BCUT2D eigenvalue weighted by atomic mass is 79.9. The first-order valence-corrected chi connectivity index (χ1v) is 8.62. The minimum absolute atomic E-state index is 0.0804. The van der Waals surface area contributed by atoms with Crippen molar-refractivity contribution in [2.75, 3.05) is 5.32 Å². The SMILES string of the molecule is CC(Nc1ncnc2c1c(Br)nn2C)c1ccc(-n2cccn2)cc1. The average Bonchev–Trinajstić information content (AvgIpc) is 3.25. The van der Waals surface area contributed by atoms with Crippen molar-refractivity contribution in [1.82, 2.24) is 29.5 Å². The summed E-state index contributed by atoms with van der Waals surface area (Å²) in [6, 6.07) is 10.3. The van der Waals surface area contributed by atoms with Crippen LogP contribution in [0, 0.1) is 0 Å². The molecule has 126 valence electrons. The predicted molar refractivity (Wildman–Crippen MR) is 99.6 cm³/mol. The van der Waals surface area contributed by atoms with Crippen LogP contribution in [0.3, 0.4) is 0 Å². The Balaban J connectivity index is 1.61. The number of aryl methyl sites for hydroxylation is 1. The van der Waals surface area contributed by atoms with Crippen LogP contribution >= 0.6 is 15.9 Å². The molecule has 0 aliphatic carbocycles. The van der Waals surface area contributed by atoms with Crippen LogP contribution in [0.5, 0.6) is 0 Å². The molecule has 1 aromatic carbocycles. The van der Waals surface area contributed by atoms with Gasteiger partial charge < -0.3 is 5.32 Å². The first-order chi connectivity index (χ1) is 12.1. The largest absolute Gasteiger partial charge is 0.363 e. The lowest BCUT2D eigenvalue weighted by Gasteiger charge is -2.16. The Labute approximate surface area is 152 Å². The molecule has 8 heteroatoms. The molecule has 0 fully saturated rings. The van der Waals surface area contributed by atoms with E-state index in [0.717, 1.165) is 32.7 Å². The van der Waals surface area contributed by atoms with Crippen LogP contribution in [0.25, 0.3) is 16.7 Å². The number of aromatic nitrogens is 6. The number of rotatable bonds is 4. The summed E-state index contributed by atoms with van der Waals surface area (Å²) in [5.41, 5.74) is 2.97. The van der Waals surface area contributed by atoms with E-state index in [1.54, 1.807) is 17.2 Å². The molecular weight excluding hydrogens is 382 g/mol. The van der Waals surface area contributed by atoms with Gasteiger partial charge in [-0.05, 0) is 46.6 Å². The molecule has 0 aliphatic heterocycles. The maximum Gasteiger partial charge on any atom is 0.164 e. The van der Waals surface area contributed by atoms with E-state index < -0.39 is 0 Å². The van der Waals surface area contributed by atoms with E-state index in [4.69, 9.17) is 0 Å². The van der Waals surface area contributed by atoms with Crippen molar-refractivity contribution in [3.63, 3.8) is 0 Å². The molecule has 0 aliphatic rings. The first-order valence-electron chi connectivity index (χ1n) is 7.83. The van der Waals surface area contributed by atoms with Gasteiger partial charge in [0.1, 0.15) is 16.7 Å². The van der Waals surface area contributed by atoms with Crippen molar-refractivity contribution >= 4 is 32.8 Å². The van der Waals surface area contributed by atoms with Gasteiger partial charge in [-0.15, -0.1) is 0 Å². The van der Waals surface area contributed by atoms with Gasteiger partial charge in [-0.2, -0.15) is 10.2 Å². The monoisotopic (exact) mass is 397 g/mol. The molecule has 4 rings (SSSR count). The lowest BCUT2D eigenvalue weighted by atomic mass is 10.1. The van der Waals surface area contributed by atoms with Crippen LogP contribution in [-0.4, -0.2) is 29.5 Å². The van der Waals surface area contributed by atoms with Gasteiger partial charge >= 0.3 is 0 Å². The summed E-state index contributed by atoms with van der Waals surface area (Å²) in [5, 5.41) is 12.9. The minimum Gasteiger partial charge on any atom is -0.363 e. The third-order valence-corrected chi connectivity index (χ3v) is 4.65. The van der Waals surface area contributed by atoms with Crippen LogP contribution in [0.15, 0.2) is 53.7 Å². The molecular formula is C17H16BrN7. The fraction of sp³-hybridized carbons (Fsp3) is 0.176. The predicted octanol–water partition coefficient (Wildman–Crippen LogP) is 3.48. The Morgan fingerprint density at radius 2 is 1.96 bits per heavy atom. The van der Waals surface area contributed by atoms with E-state index in [2.05, 4.69) is 72.6 Å². The molecule has 3 heterocycles. The molecule has 0 bridgehead atoms. The fourth-order valence-corrected chi connectivity index (χ4v) is 3.38. The van der Waals surface area contributed by atoms with Gasteiger partial charge in [0.15, 0.2) is 5.65 Å². The van der Waals surface area contributed by atoms with Crippen LogP contribution in [-0.2, 0) is 7.05 Å². The highest BCUT2D eigenvalue weighted by Gasteiger charge is 2.15. The van der Waals surface area contributed by atoms with Gasteiger partial charge in [0.2, 0.25) is 0 Å². The molecule has 0 saturated carbocycles. The average molecular weight is 398 g/mol. The summed E-state index contributed by atoms with van der Waals surface area (Å²) < 4.78 is 4.30. The maximum absolute atomic E-state index is 4.39. The van der Waals surface area contributed by atoms with E-state index in [0.29, 0.717) is 0 Å². The summed E-state index contributed by atoms with van der Waals surface area (Å²) in [5.74, 6) is 0.758. The van der Waals surface area contributed by atoms with E-state index in [1.807, 2.05) is 24.0 Å². The Bertz CT molecular complexity index is 1010. The normalized spacial score (nSPS) is 12.4. The summed E-state index contributed by atoms with van der Waals surface area (Å²) in [7, 11) is 1.86. The molecule has 0 radical (unpaired) electrons. The molecule has 0 amide bonds. The van der Waals surface area contributed by atoms with Gasteiger partial charge in [0, 0.05) is 25.5 Å². The smallest absolute Gasteiger partial charge is 0.164 e. The molecule has 25 heavy (non-hydrogen) atoms. The molecule has 1 N–H and O–H groups in total. The third kappa shape index (κ3) is 2.89. The number of hydrogen-bond donors (Lipinski definition) is 1. The fourth-order valence-electron chi connectivity index (χ4n) is 2.78. The number of benzene rings is 1. The number of halogens is 1. The minimum atomic E-state index is 0.0804. The lowest BCUT2D eigenvalue weighted by molar-refractivity contribution is 0.777. The second-order valence-electron chi connectivity index (χ2n) is 5.74. The van der Waals surface area contributed by atoms with E-state index in [1.165, 1.54) is 0 Å². The van der Waals surface area contributed by atoms with Crippen molar-refractivity contribution in [3.8, 4) is 5.69 Å². The highest BCUT2D eigenvalue weighted by Crippen LogP contribution is 2.29. The van der Waals surface area contributed by atoms with Crippen molar-refractivity contribution in [2.45, 2.75) is 13.0 Å². The topological polar surface area (TPSA) is 73.5 Å². The summed E-state index contributed by atoms with van der Waals surface area (Å²) in [6.45, 7) is 2.10. The van der Waals surface area contributed by atoms with Crippen molar-refractivity contribution in [1.29, 1.82) is 0 Å². The van der Waals surface area contributed by atoms with Gasteiger partial charge in [-0.25, -0.2) is 19.3 Å².